The Bertz CT molecular complexity index is 866. The number of aromatic nitrogens is 2. The fourth-order valence-corrected chi connectivity index (χ4v) is 3.52. The van der Waals surface area contributed by atoms with Gasteiger partial charge in [0.15, 0.2) is 0 Å². The SMILES string of the molecule is CC(=O)CCCCCCn1c(C)nc(-c2ccccc2)c1-c1ccccc1. The van der Waals surface area contributed by atoms with Gasteiger partial charge >= 0.3 is 0 Å². The van der Waals surface area contributed by atoms with E-state index >= 15 is 0 Å². The minimum Gasteiger partial charge on any atom is -0.328 e. The van der Waals surface area contributed by atoms with E-state index in [-0.39, 0.29) is 0 Å². The molecule has 0 aliphatic carbocycles. The molecule has 0 aliphatic rings. The third-order valence-electron chi connectivity index (χ3n) is 4.91. The highest BCUT2D eigenvalue weighted by Crippen LogP contribution is 2.33. The molecule has 0 saturated carbocycles. The van der Waals surface area contributed by atoms with Crippen LogP contribution in [0.15, 0.2) is 60.7 Å². The van der Waals surface area contributed by atoms with Crippen molar-refractivity contribution in [3.63, 3.8) is 0 Å². The predicted octanol–water partition coefficient (Wildman–Crippen LogP) is 6.07. The van der Waals surface area contributed by atoms with E-state index in [1.807, 2.05) is 12.1 Å². The van der Waals surface area contributed by atoms with Crippen molar-refractivity contribution in [3.8, 4) is 22.5 Å². The molecule has 3 nitrogen and oxygen atoms in total. The molecule has 0 spiro atoms. The maximum atomic E-state index is 11.1. The highest BCUT2D eigenvalue weighted by Gasteiger charge is 2.17. The molecule has 3 heteroatoms. The summed E-state index contributed by atoms with van der Waals surface area (Å²) in [5.41, 5.74) is 4.60. The van der Waals surface area contributed by atoms with Gasteiger partial charge in [0, 0.05) is 24.1 Å². The van der Waals surface area contributed by atoms with Crippen molar-refractivity contribution in [2.75, 3.05) is 0 Å². The van der Waals surface area contributed by atoms with E-state index in [0.29, 0.717) is 12.2 Å². The number of ketones is 1. The zero-order valence-corrected chi connectivity index (χ0v) is 16.3. The first-order chi connectivity index (χ1) is 13.2. The van der Waals surface area contributed by atoms with Crippen molar-refractivity contribution in [2.45, 2.75) is 52.5 Å². The summed E-state index contributed by atoms with van der Waals surface area (Å²) in [5, 5.41) is 0. The maximum absolute atomic E-state index is 11.1. The number of unbranched alkanes of at least 4 members (excludes halogenated alkanes) is 3. The van der Waals surface area contributed by atoms with E-state index < -0.39 is 0 Å². The number of hydrogen-bond acceptors (Lipinski definition) is 2. The van der Waals surface area contributed by atoms with Crippen molar-refractivity contribution in [1.82, 2.24) is 9.55 Å². The maximum Gasteiger partial charge on any atom is 0.129 e. The molecular weight excluding hydrogens is 332 g/mol. The van der Waals surface area contributed by atoms with Crippen LogP contribution in [0, 0.1) is 6.92 Å². The van der Waals surface area contributed by atoms with E-state index in [2.05, 4.69) is 60.0 Å². The van der Waals surface area contributed by atoms with Crippen molar-refractivity contribution < 1.29 is 4.79 Å². The van der Waals surface area contributed by atoms with Gasteiger partial charge in [0.1, 0.15) is 11.6 Å². The summed E-state index contributed by atoms with van der Waals surface area (Å²) >= 11 is 0. The molecule has 1 aromatic heterocycles. The Balaban J connectivity index is 1.83. The van der Waals surface area contributed by atoms with Crippen LogP contribution in [0.4, 0.5) is 0 Å². The molecule has 0 amide bonds. The van der Waals surface area contributed by atoms with Crippen LogP contribution >= 0.6 is 0 Å². The summed E-state index contributed by atoms with van der Waals surface area (Å²) in [6.45, 7) is 4.72. The molecular formula is C24H28N2O. The normalized spacial score (nSPS) is 10.9. The second-order valence-electron chi connectivity index (χ2n) is 7.11. The quantitative estimate of drug-likeness (QED) is 0.434. The van der Waals surface area contributed by atoms with E-state index in [4.69, 9.17) is 4.98 Å². The zero-order chi connectivity index (χ0) is 19.1. The number of nitrogens with zero attached hydrogens (tertiary/aromatic N) is 2. The molecule has 27 heavy (non-hydrogen) atoms. The van der Waals surface area contributed by atoms with E-state index in [9.17, 15) is 4.79 Å². The standard InChI is InChI=1S/C24H28N2O/c1-19(27)13-7-3-4-12-18-26-20(2)25-23(21-14-8-5-9-15-21)24(26)22-16-10-6-11-17-22/h5-6,8-11,14-17H,3-4,7,12-13,18H2,1-2H3. The van der Waals surface area contributed by atoms with Gasteiger partial charge in [-0.25, -0.2) is 4.98 Å². The Hall–Kier alpha value is -2.68. The molecule has 1 heterocycles. The summed E-state index contributed by atoms with van der Waals surface area (Å²) in [7, 11) is 0. The van der Waals surface area contributed by atoms with E-state index in [1.165, 1.54) is 11.3 Å². The molecule has 0 unspecified atom stereocenters. The molecule has 0 fully saturated rings. The zero-order valence-electron chi connectivity index (χ0n) is 16.3. The first kappa shape index (κ1) is 19.1. The molecule has 0 atom stereocenters. The lowest BCUT2D eigenvalue weighted by molar-refractivity contribution is -0.117. The van der Waals surface area contributed by atoms with Gasteiger partial charge in [-0.3, -0.25) is 0 Å². The van der Waals surface area contributed by atoms with Gasteiger partial charge in [0.2, 0.25) is 0 Å². The number of rotatable bonds is 9. The Kier molecular flexibility index (Phi) is 6.59. The Morgan fingerprint density at radius 2 is 1.44 bits per heavy atom. The summed E-state index contributed by atoms with van der Waals surface area (Å²) in [5.74, 6) is 1.34. The van der Waals surface area contributed by atoms with Gasteiger partial charge in [-0.05, 0) is 26.7 Å². The molecule has 140 valence electrons. The molecule has 3 rings (SSSR count). The fourth-order valence-electron chi connectivity index (χ4n) is 3.52. The smallest absolute Gasteiger partial charge is 0.129 e. The molecule has 3 aromatic rings. The molecule has 0 N–H and O–H groups in total. The van der Waals surface area contributed by atoms with Crippen LogP contribution < -0.4 is 0 Å². The number of carbonyl (C=O) groups excluding carboxylic acids is 1. The van der Waals surface area contributed by atoms with Crippen LogP contribution in [0.5, 0.6) is 0 Å². The number of carbonyl (C=O) groups is 1. The lowest BCUT2D eigenvalue weighted by atomic mass is 10.0. The van der Waals surface area contributed by atoms with Gasteiger partial charge in [0.05, 0.1) is 11.4 Å². The molecule has 0 bridgehead atoms. The molecule has 0 radical (unpaired) electrons. The first-order valence-corrected chi connectivity index (χ1v) is 9.84. The van der Waals surface area contributed by atoms with E-state index in [0.717, 1.165) is 49.3 Å². The monoisotopic (exact) mass is 360 g/mol. The average Bonchev–Trinajstić information content (AvgIpc) is 3.02. The van der Waals surface area contributed by atoms with Crippen LogP contribution in [-0.2, 0) is 11.3 Å². The summed E-state index contributed by atoms with van der Waals surface area (Å²) in [4.78, 5) is 16.0. The van der Waals surface area contributed by atoms with Gasteiger partial charge in [0.25, 0.3) is 0 Å². The van der Waals surface area contributed by atoms with Gasteiger partial charge in [-0.1, -0.05) is 73.5 Å². The van der Waals surface area contributed by atoms with Crippen LogP contribution in [0.1, 0.15) is 44.9 Å². The van der Waals surface area contributed by atoms with Crippen molar-refractivity contribution in [3.05, 3.63) is 66.5 Å². The van der Waals surface area contributed by atoms with Gasteiger partial charge in [-0.2, -0.15) is 0 Å². The number of imidazole rings is 1. The van der Waals surface area contributed by atoms with Crippen LogP contribution in [0.2, 0.25) is 0 Å². The second-order valence-corrected chi connectivity index (χ2v) is 7.11. The Morgan fingerprint density at radius 3 is 2.07 bits per heavy atom. The second kappa shape index (κ2) is 9.31. The highest BCUT2D eigenvalue weighted by molar-refractivity contribution is 5.79. The van der Waals surface area contributed by atoms with Crippen LogP contribution in [0.25, 0.3) is 22.5 Å². The third-order valence-corrected chi connectivity index (χ3v) is 4.91. The average molecular weight is 361 g/mol. The first-order valence-electron chi connectivity index (χ1n) is 9.84. The summed E-state index contributed by atoms with van der Waals surface area (Å²) < 4.78 is 2.35. The number of benzene rings is 2. The van der Waals surface area contributed by atoms with E-state index in [1.54, 1.807) is 6.92 Å². The largest absolute Gasteiger partial charge is 0.328 e. The Labute approximate surface area is 162 Å². The van der Waals surface area contributed by atoms with Gasteiger partial charge in [-0.15, -0.1) is 0 Å². The van der Waals surface area contributed by atoms with Crippen LogP contribution in [0.3, 0.4) is 0 Å². The lowest BCUT2D eigenvalue weighted by Gasteiger charge is -2.12. The third kappa shape index (κ3) is 4.94. The summed E-state index contributed by atoms with van der Waals surface area (Å²) in [6.07, 6.45) is 5.05. The molecule has 0 saturated heterocycles. The minimum atomic E-state index is 0.291. The number of Topliss-reactive ketones (excluding diaryl/α,β-unsaturated/α-hetero) is 1. The van der Waals surface area contributed by atoms with Crippen molar-refractivity contribution in [1.29, 1.82) is 0 Å². The topological polar surface area (TPSA) is 34.9 Å². The summed E-state index contributed by atoms with van der Waals surface area (Å²) in [6, 6.07) is 20.9. The highest BCUT2D eigenvalue weighted by atomic mass is 16.1. The van der Waals surface area contributed by atoms with Crippen LogP contribution in [-0.4, -0.2) is 15.3 Å². The fraction of sp³-hybridized carbons (Fsp3) is 0.333. The Morgan fingerprint density at radius 1 is 0.852 bits per heavy atom. The predicted molar refractivity (Wildman–Crippen MR) is 112 cm³/mol. The lowest BCUT2D eigenvalue weighted by Crippen LogP contribution is -2.03. The minimum absolute atomic E-state index is 0.291. The van der Waals surface area contributed by atoms with Crippen molar-refractivity contribution in [2.24, 2.45) is 0 Å². The van der Waals surface area contributed by atoms with Crippen molar-refractivity contribution >= 4 is 5.78 Å². The molecule has 2 aromatic carbocycles. The van der Waals surface area contributed by atoms with Gasteiger partial charge < -0.3 is 9.36 Å². The number of hydrogen-bond donors (Lipinski definition) is 0. The molecule has 0 aliphatic heterocycles. The number of aryl methyl sites for hydroxylation is 1.